The average Bonchev–Trinajstić information content (AvgIpc) is 2.96. The van der Waals surface area contributed by atoms with Crippen molar-refractivity contribution in [2.75, 3.05) is 32.1 Å². The van der Waals surface area contributed by atoms with Crippen molar-refractivity contribution in [3.63, 3.8) is 0 Å². The monoisotopic (exact) mass is 367 g/mol. The second-order valence-electron chi connectivity index (χ2n) is 7.07. The highest BCUT2D eigenvalue weighted by Gasteiger charge is 2.23. The van der Waals surface area contributed by atoms with Gasteiger partial charge in [-0.1, -0.05) is 31.5 Å². The van der Waals surface area contributed by atoms with Crippen LogP contribution in [0.1, 0.15) is 38.4 Å². The molecule has 2 heterocycles. The molecule has 1 amide bonds. The highest BCUT2D eigenvalue weighted by atomic mass is 32.2. The number of nitrogens with one attached hydrogen (secondary N) is 1. The quantitative estimate of drug-likeness (QED) is 0.767. The molecular formula is C17H29N5O2S. The van der Waals surface area contributed by atoms with Crippen molar-refractivity contribution in [2.45, 2.75) is 50.4 Å². The van der Waals surface area contributed by atoms with E-state index in [0.29, 0.717) is 17.7 Å². The second-order valence-corrected chi connectivity index (χ2v) is 8.01. The van der Waals surface area contributed by atoms with Gasteiger partial charge < -0.3 is 14.6 Å². The number of hydrogen-bond acceptors (Lipinski definition) is 6. The Morgan fingerprint density at radius 2 is 2.04 bits per heavy atom. The highest BCUT2D eigenvalue weighted by Crippen LogP contribution is 2.24. The molecule has 1 N–H and O–H groups in total. The van der Waals surface area contributed by atoms with Crippen LogP contribution in [-0.2, 0) is 23.1 Å². The number of hydrogen-bond donors (Lipinski definition) is 1. The molecule has 0 spiro atoms. The Morgan fingerprint density at radius 3 is 2.80 bits per heavy atom. The van der Waals surface area contributed by atoms with Gasteiger partial charge >= 0.3 is 0 Å². The Hall–Kier alpha value is -1.12. The van der Waals surface area contributed by atoms with Crippen LogP contribution in [-0.4, -0.2) is 63.7 Å². The van der Waals surface area contributed by atoms with Crippen LogP contribution in [0.5, 0.6) is 0 Å². The van der Waals surface area contributed by atoms with Gasteiger partial charge in [-0.25, -0.2) is 0 Å². The predicted octanol–water partition coefficient (Wildman–Crippen LogP) is 1.43. The molecule has 1 aliphatic heterocycles. The van der Waals surface area contributed by atoms with Crippen molar-refractivity contribution in [1.29, 1.82) is 0 Å². The van der Waals surface area contributed by atoms with Crippen LogP contribution < -0.4 is 5.32 Å². The van der Waals surface area contributed by atoms with E-state index in [4.69, 9.17) is 4.74 Å². The van der Waals surface area contributed by atoms with E-state index in [0.717, 1.165) is 50.2 Å². The molecule has 0 radical (unpaired) electrons. The third-order valence-electron chi connectivity index (χ3n) is 5.18. The number of carbonyl (C=O) groups excluding carboxylic acids is 1. The Morgan fingerprint density at radius 1 is 1.28 bits per heavy atom. The normalized spacial score (nSPS) is 25.0. The third kappa shape index (κ3) is 5.18. The van der Waals surface area contributed by atoms with E-state index in [1.165, 1.54) is 31.0 Å². The molecule has 3 rings (SSSR count). The van der Waals surface area contributed by atoms with E-state index in [9.17, 15) is 4.79 Å². The van der Waals surface area contributed by atoms with Crippen LogP contribution >= 0.6 is 11.8 Å². The van der Waals surface area contributed by atoms with Gasteiger partial charge in [0.05, 0.1) is 25.5 Å². The van der Waals surface area contributed by atoms with Crippen LogP contribution in [0.2, 0.25) is 0 Å². The van der Waals surface area contributed by atoms with Gasteiger partial charge in [-0.2, -0.15) is 0 Å². The van der Waals surface area contributed by atoms with Gasteiger partial charge in [-0.15, -0.1) is 10.2 Å². The maximum absolute atomic E-state index is 12.3. The number of aromatic nitrogens is 3. The molecule has 7 nitrogen and oxygen atoms in total. The lowest BCUT2D eigenvalue weighted by Gasteiger charge is -2.29. The summed E-state index contributed by atoms with van der Waals surface area (Å²) in [6.45, 7) is 6.42. The van der Waals surface area contributed by atoms with E-state index in [1.807, 2.05) is 11.6 Å². The molecule has 8 heteroatoms. The van der Waals surface area contributed by atoms with Gasteiger partial charge in [0.1, 0.15) is 5.82 Å². The molecule has 1 aromatic heterocycles. The van der Waals surface area contributed by atoms with E-state index in [2.05, 4.69) is 27.3 Å². The Kier molecular flexibility index (Phi) is 6.72. The lowest BCUT2D eigenvalue weighted by Crippen LogP contribution is -2.41. The first kappa shape index (κ1) is 18.7. The fraction of sp³-hybridized carbons (Fsp3) is 0.824. The molecule has 2 atom stereocenters. The van der Waals surface area contributed by atoms with Gasteiger partial charge in [0.15, 0.2) is 5.16 Å². The van der Waals surface area contributed by atoms with E-state index >= 15 is 0 Å². The SMILES string of the molecule is C[C@H]1CCCC[C@H]1NC(=O)CSc1nnc(CN2CCOCC2)n1C. The molecule has 0 bridgehead atoms. The van der Waals surface area contributed by atoms with Crippen LogP contribution in [0.4, 0.5) is 0 Å². The van der Waals surface area contributed by atoms with Gasteiger partial charge in [0, 0.05) is 26.2 Å². The molecule has 2 fully saturated rings. The minimum absolute atomic E-state index is 0.0986. The lowest BCUT2D eigenvalue weighted by atomic mass is 9.86. The van der Waals surface area contributed by atoms with Crippen molar-refractivity contribution in [3.05, 3.63) is 5.82 Å². The van der Waals surface area contributed by atoms with Crippen molar-refractivity contribution < 1.29 is 9.53 Å². The van der Waals surface area contributed by atoms with Crippen molar-refractivity contribution in [3.8, 4) is 0 Å². The van der Waals surface area contributed by atoms with Gasteiger partial charge in [-0.05, 0) is 18.8 Å². The zero-order valence-electron chi connectivity index (χ0n) is 15.2. The summed E-state index contributed by atoms with van der Waals surface area (Å²) in [7, 11) is 1.97. The van der Waals surface area contributed by atoms with Gasteiger partial charge in [0.25, 0.3) is 0 Å². The van der Waals surface area contributed by atoms with Crippen molar-refractivity contribution in [2.24, 2.45) is 13.0 Å². The number of carbonyl (C=O) groups is 1. The summed E-state index contributed by atoms with van der Waals surface area (Å²) < 4.78 is 7.37. The molecular weight excluding hydrogens is 338 g/mol. The first-order valence-corrected chi connectivity index (χ1v) is 10.2. The molecule has 0 unspecified atom stereocenters. The molecule has 1 saturated heterocycles. The molecule has 140 valence electrons. The topological polar surface area (TPSA) is 72.3 Å². The molecule has 1 aromatic rings. The summed E-state index contributed by atoms with van der Waals surface area (Å²) >= 11 is 1.46. The largest absolute Gasteiger partial charge is 0.379 e. The second kappa shape index (κ2) is 9.00. The number of nitrogens with zero attached hydrogens (tertiary/aromatic N) is 4. The number of rotatable bonds is 6. The first-order valence-electron chi connectivity index (χ1n) is 9.24. The van der Waals surface area contributed by atoms with E-state index < -0.39 is 0 Å². The summed E-state index contributed by atoms with van der Waals surface area (Å²) in [6.07, 6.45) is 4.82. The number of thioether (sulfide) groups is 1. The van der Waals surface area contributed by atoms with Crippen LogP contribution in [0.3, 0.4) is 0 Å². The van der Waals surface area contributed by atoms with Crippen LogP contribution in [0, 0.1) is 5.92 Å². The van der Waals surface area contributed by atoms with Crippen molar-refractivity contribution >= 4 is 17.7 Å². The highest BCUT2D eigenvalue weighted by molar-refractivity contribution is 7.99. The summed E-state index contributed by atoms with van der Waals surface area (Å²) in [5.74, 6) is 2.01. The van der Waals surface area contributed by atoms with E-state index in [1.54, 1.807) is 0 Å². The number of amides is 1. The smallest absolute Gasteiger partial charge is 0.230 e. The molecule has 2 aliphatic rings. The Balaban J connectivity index is 1.47. The van der Waals surface area contributed by atoms with Gasteiger partial charge in [-0.3, -0.25) is 9.69 Å². The summed E-state index contributed by atoms with van der Waals surface area (Å²) in [6, 6.07) is 0.332. The minimum Gasteiger partial charge on any atom is -0.379 e. The summed E-state index contributed by atoms with van der Waals surface area (Å²) in [5, 5.41) is 12.5. The third-order valence-corrected chi connectivity index (χ3v) is 6.20. The maximum atomic E-state index is 12.3. The Labute approximate surface area is 153 Å². The zero-order chi connectivity index (χ0) is 17.6. The fourth-order valence-electron chi connectivity index (χ4n) is 3.48. The van der Waals surface area contributed by atoms with Gasteiger partial charge in [0.2, 0.25) is 5.91 Å². The lowest BCUT2D eigenvalue weighted by molar-refractivity contribution is -0.119. The number of morpholine rings is 1. The summed E-state index contributed by atoms with van der Waals surface area (Å²) in [4.78, 5) is 14.6. The average molecular weight is 368 g/mol. The number of ether oxygens (including phenoxy) is 1. The summed E-state index contributed by atoms with van der Waals surface area (Å²) in [5.41, 5.74) is 0. The molecule has 0 aromatic carbocycles. The molecule has 25 heavy (non-hydrogen) atoms. The standard InChI is InChI=1S/C17H29N5O2S/c1-13-5-3-4-6-14(13)18-16(23)12-25-17-20-19-15(21(17)2)11-22-7-9-24-10-8-22/h13-14H,3-12H2,1-2H3,(H,18,23)/t13-,14+/m0/s1. The molecule has 1 saturated carbocycles. The van der Waals surface area contributed by atoms with Crippen LogP contribution in [0.15, 0.2) is 5.16 Å². The fourth-order valence-corrected chi connectivity index (χ4v) is 4.22. The minimum atomic E-state index is 0.0986. The first-order chi connectivity index (χ1) is 12.1. The van der Waals surface area contributed by atoms with E-state index in [-0.39, 0.29) is 5.91 Å². The predicted molar refractivity (Wildman–Crippen MR) is 97.4 cm³/mol. The molecule has 1 aliphatic carbocycles. The Bertz CT molecular complexity index is 573. The van der Waals surface area contributed by atoms with Crippen molar-refractivity contribution in [1.82, 2.24) is 25.0 Å². The maximum Gasteiger partial charge on any atom is 0.230 e. The zero-order valence-corrected chi connectivity index (χ0v) is 16.1. The van der Waals surface area contributed by atoms with Crippen LogP contribution in [0.25, 0.3) is 0 Å².